The molecule has 1 aliphatic rings. The molecule has 0 aromatic heterocycles. The maximum Gasteiger partial charge on any atom is 0.331 e. The largest absolute Gasteiger partial charge is 0.458 e. The Bertz CT molecular complexity index is 461. The third-order valence-electron chi connectivity index (χ3n) is 2.64. The van der Waals surface area contributed by atoms with E-state index in [4.69, 9.17) is 4.74 Å². The van der Waals surface area contributed by atoms with Crippen LogP contribution in [0, 0.1) is 5.82 Å². The molecule has 1 aromatic rings. The van der Waals surface area contributed by atoms with Crippen LogP contribution in [0.2, 0.25) is 0 Å². The Kier molecular flexibility index (Phi) is 2.77. The molecule has 0 N–H and O–H groups in total. The Morgan fingerprint density at radius 2 is 2.12 bits per heavy atom. The number of carbonyl (C=O) groups is 1. The highest BCUT2D eigenvalue weighted by Gasteiger charge is 2.18. The predicted molar refractivity (Wildman–Crippen MR) is 59.4 cm³/mol. The number of carbonyl (C=O) groups excluding carboxylic acids is 1. The molecule has 2 rings (SSSR count). The molecule has 0 aliphatic carbocycles. The van der Waals surface area contributed by atoms with Crippen LogP contribution in [0.5, 0.6) is 0 Å². The Morgan fingerprint density at radius 1 is 1.38 bits per heavy atom. The highest BCUT2D eigenvalue weighted by molar-refractivity contribution is 5.96. The van der Waals surface area contributed by atoms with E-state index < -0.39 is 0 Å². The van der Waals surface area contributed by atoms with Crippen LogP contribution in [-0.4, -0.2) is 12.6 Å². The van der Waals surface area contributed by atoms with Crippen molar-refractivity contribution in [2.45, 2.75) is 19.8 Å². The zero-order valence-electron chi connectivity index (χ0n) is 9.29. The summed E-state index contributed by atoms with van der Waals surface area (Å²) in [7, 11) is 0. The van der Waals surface area contributed by atoms with E-state index in [1.165, 1.54) is 18.2 Å². The SMILES string of the molecule is CC(C)c1cc(F)ccc1C1=CC(=O)OC1. The smallest absolute Gasteiger partial charge is 0.331 e. The van der Waals surface area contributed by atoms with Crippen LogP contribution < -0.4 is 0 Å². The van der Waals surface area contributed by atoms with E-state index in [1.54, 1.807) is 6.07 Å². The summed E-state index contributed by atoms with van der Waals surface area (Å²) in [5.74, 6) is -0.366. The van der Waals surface area contributed by atoms with E-state index in [9.17, 15) is 9.18 Å². The zero-order chi connectivity index (χ0) is 11.7. The van der Waals surface area contributed by atoms with E-state index >= 15 is 0 Å². The molecule has 0 bridgehead atoms. The fourth-order valence-corrected chi connectivity index (χ4v) is 1.83. The lowest BCUT2D eigenvalue weighted by molar-refractivity contribution is -0.134. The second-order valence-electron chi connectivity index (χ2n) is 4.16. The molecule has 3 heteroatoms. The van der Waals surface area contributed by atoms with E-state index in [0.29, 0.717) is 0 Å². The van der Waals surface area contributed by atoms with Gasteiger partial charge in [-0.1, -0.05) is 19.9 Å². The van der Waals surface area contributed by atoms with E-state index in [2.05, 4.69) is 0 Å². The molecule has 0 radical (unpaired) electrons. The molecule has 84 valence electrons. The van der Waals surface area contributed by atoms with Gasteiger partial charge in [0.2, 0.25) is 0 Å². The summed E-state index contributed by atoms with van der Waals surface area (Å²) >= 11 is 0. The first-order valence-corrected chi connectivity index (χ1v) is 5.25. The summed E-state index contributed by atoms with van der Waals surface area (Å²) in [5, 5.41) is 0. The number of benzene rings is 1. The molecule has 0 saturated carbocycles. The van der Waals surface area contributed by atoms with Crippen LogP contribution in [0.1, 0.15) is 30.9 Å². The van der Waals surface area contributed by atoms with Crippen molar-refractivity contribution < 1.29 is 13.9 Å². The Morgan fingerprint density at radius 3 is 2.69 bits per heavy atom. The predicted octanol–water partition coefficient (Wildman–Crippen LogP) is 2.89. The van der Waals surface area contributed by atoms with Crippen molar-refractivity contribution in [1.29, 1.82) is 0 Å². The summed E-state index contributed by atoms with van der Waals surface area (Å²) in [6, 6.07) is 4.63. The minimum absolute atomic E-state index is 0.210. The van der Waals surface area contributed by atoms with Gasteiger partial charge in [0.25, 0.3) is 0 Å². The Hall–Kier alpha value is -1.64. The topological polar surface area (TPSA) is 26.3 Å². The molecule has 1 aromatic carbocycles. The summed E-state index contributed by atoms with van der Waals surface area (Å²) in [6.07, 6.45) is 1.47. The molecule has 0 spiro atoms. The van der Waals surface area contributed by atoms with Crippen molar-refractivity contribution in [3.05, 3.63) is 41.2 Å². The van der Waals surface area contributed by atoms with E-state index in [0.717, 1.165) is 16.7 Å². The first-order chi connectivity index (χ1) is 7.58. The molecule has 16 heavy (non-hydrogen) atoms. The number of rotatable bonds is 2. The fraction of sp³-hybridized carbons (Fsp3) is 0.308. The lowest BCUT2D eigenvalue weighted by atomic mass is 9.93. The average Bonchev–Trinajstić information content (AvgIpc) is 2.64. The second kappa shape index (κ2) is 4.08. The number of hydrogen-bond donors (Lipinski definition) is 0. The number of esters is 1. The first kappa shape index (κ1) is 10.9. The molecule has 1 aliphatic heterocycles. The zero-order valence-corrected chi connectivity index (χ0v) is 9.29. The molecule has 0 amide bonds. The van der Waals surface area contributed by atoms with Crippen LogP contribution in [0.25, 0.3) is 5.57 Å². The van der Waals surface area contributed by atoms with Gasteiger partial charge in [0.15, 0.2) is 0 Å². The van der Waals surface area contributed by atoms with Crippen molar-refractivity contribution in [2.75, 3.05) is 6.61 Å². The summed E-state index contributed by atoms with van der Waals surface area (Å²) in [6.45, 7) is 4.27. The lowest BCUT2D eigenvalue weighted by Crippen LogP contribution is -1.98. The van der Waals surface area contributed by atoms with Gasteiger partial charge in [0.1, 0.15) is 12.4 Å². The first-order valence-electron chi connectivity index (χ1n) is 5.25. The van der Waals surface area contributed by atoms with Gasteiger partial charge in [-0.15, -0.1) is 0 Å². The average molecular weight is 220 g/mol. The van der Waals surface area contributed by atoms with Gasteiger partial charge in [-0.05, 0) is 29.2 Å². The Balaban J connectivity index is 2.48. The van der Waals surface area contributed by atoms with Crippen molar-refractivity contribution in [3.63, 3.8) is 0 Å². The molecule has 0 fully saturated rings. The minimum atomic E-state index is -0.325. The number of ether oxygens (including phenoxy) is 1. The summed E-state index contributed by atoms with van der Waals surface area (Å²) in [4.78, 5) is 11.0. The van der Waals surface area contributed by atoms with Gasteiger partial charge in [-0.25, -0.2) is 9.18 Å². The van der Waals surface area contributed by atoms with Crippen molar-refractivity contribution in [2.24, 2.45) is 0 Å². The van der Waals surface area contributed by atoms with Crippen LogP contribution >= 0.6 is 0 Å². The number of hydrogen-bond acceptors (Lipinski definition) is 2. The third-order valence-corrected chi connectivity index (χ3v) is 2.64. The lowest BCUT2D eigenvalue weighted by Gasteiger charge is -2.12. The van der Waals surface area contributed by atoms with Gasteiger partial charge >= 0.3 is 5.97 Å². The molecule has 2 nitrogen and oxygen atoms in total. The highest BCUT2D eigenvalue weighted by atomic mass is 19.1. The third kappa shape index (κ3) is 1.98. The van der Waals surface area contributed by atoms with Crippen LogP contribution in [0.4, 0.5) is 4.39 Å². The molecular weight excluding hydrogens is 207 g/mol. The second-order valence-corrected chi connectivity index (χ2v) is 4.16. The normalized spacial score (nSPS) is 15.2. The summed E-state index contributed by atoms with van der Waals surface area (Å²) in [5.41, 5.74) is 2.64. The van der Waals surface area contributed by atoms with Crippen LogP contribution in [0.15, 0.2) is 24.3 Å². The number of halogens is 1. The van der Waals surface area contributed by atoms with Crippen LogP contribution in [-0.2, 0) is 9.53 Å². The monoisotopic (exact) mass is 220 g/mol. The quantitative estimate of drug-likeness (QED) is 0.716. The van der Waals surface area contributed by atoms with E-state index in [1.807, 2.05) is 13.8 Å². The van der Waals surface area contributed by atoms with Crippen molar-refractivity contribution in [3.8, 4) is 0 Å². The molecule has 0 unspecified atom stereocenters. The molecular formula is C13H13FO2. The molecule has 1 heterocycles. The number of cyclic esters (lactones) is 1. The van der Waals surface area contributed by atoms with Gasteiger partial charge in [0.05, 0.1) is 0 Å². The van der Waals surface area contributed by atoms with Gasteiger partial charge < -0.3 is 4.74 Å². The maximum absolute atomic E-state index is 13.2. The van der Waals surface area contributed by atoms with Crippen LogP contribution in [0.3, 0.4) is 0 Å². The van der Waals surface area contributed by atoms with Gasteiger partial charge in [0, 0.05) is 11.6 Å². The standard InChI is InChI=1S/C13H13FO2/c1-8(2)12-6-10(14)3-4-11(12)9-5-13(15)16-7-9/h3-6,8H,7H2,1-2H3. The molecule has 0 atom stereocenters. The highest BCUT2D eigenvalue weighted by Crippen LogP contribution is 2.28. The summed E-state index contributed by atoms with van der Waals surface area (Å²) < 4.78 is 18.0. The van der Waals surface area contributed by atoms with E-state index in [-0.39, 0.29) is 24.3 Å². The van der Waals surface area contributed by atoms with Crippen molar-refractivity contribution in [1.82, 2.24) is 0 Å². The molecule has 0 saturated heterocycles. The maximum atomic E-state index is 13.2. The van der Waals surface area contributed by atoms with Gasteiger partial charge in [-0.3, -0.25) is 0 Å². The fourth-order valence-electron chi connectivity index (χ4n) is 1.83. The van der Waals surface area contributed by atoms with Crippen molar-refractivity contribution >= 4 is 11.5 Å². The minimum Gasteiger partial charge on any atom is -0.458 e. The Labute approximate surface area is 93.7 Å². The van der Waals surface area contributed by atoms with Gasteiger partial charge in [-0.2, -0.15) is 0 Å².